The molecule has 7 heteroatoms. The Morgan fingerprint density at radius 2 is 2.17 bits per heavy atom. The second-order valence-electron chi connectivity index (χ2n) is 5.67. The highest BCUT2D eigenvalue weighted by atomic mass is 35.5. The first-order valence-electron chi connectivity index (χ1n) is 7.57. The van der Waals surface area contributed by atoms with Crippen molar-refractivity contribution in [3.05, 3.63) is 38.2 Å². The van der Waals surface area contributed by atoms with Gasteiger partial charge in [-0.25, -0.2) is 9.78 Å². The predicted octanol–water partition coefficient (Wildman–Crippen LogP) is 3.68. The Hall–Kier alpha value is -1.59. The number of nitrogens with zero attached hydrogens (tertiary/aromatic N) is 2. The third-order valence-electron chi connectivity index (χ3n) is 4.13. The Balaban J connectivity index is 2.20. The molecular formula is C16H16Cl2N2O3. The molecule has 23 heavy (non-hydrogen) atoms. The van der Waals surface area contributed by atoms with Crippen LogP contribution in [0.25, 0.3) is 11.0 Å². The molecule has 122 valence electrons. The molecule has 5 nitrogen and oxygen atoms in total. The topological polar surface area (TPSA) is 61.2 Å². The summed E-state index contributed by atoms with van der Waals surface area (Å²) in [6.07, 6.45) is 4.99. The van der Waals surface area contributed by atoms with E-state index < -0.39 is 11.4 Å². The SMILES string of the molecule is CCOC(=O)c1cn(CC2CCC2)c2nc(Cl)c(Cl)cc2c1=O. The second kappa shape index (κ2) is 6.49. The number of hydrogen-bond acceptors (Lipinski definition) is 4. The van der Waals surface area contributed by atoms with Crippen LogP contribution in [0.1, 0.15) is 36.5 Å². The van der Waals surface area contributed by atoms with E-state index in [4.69, 9.17) is 27.9 Å². The molecule has 0 saturated heterocycles. The van der Waals surface area contributed by atoms with Crippen molar-refractivity contribution in [3.8, 4) is 0 Å². The molecule has 0 atom stereocenters. The number of halogens is 2. The molecule has 0 unspecified atom stereocenters. The summed E-state index contributed by atoms with van der Waals surface area (Å²) in [6.45, 7) is 2.59. The highest BCUT2D eigenvalue weighted by molar-refractivity contribution is 6.41. The first-order chi connectivity index (χ1) is 11.0. The minimum absolute atomic E-state index is 0.00105. The van der Waals surface area contributed by atoms with Gasteiger partial charge in [0.25, 0.3) is 0 Å². The van der Waals surface area contributed by atoms with E-state index in [2.05, 4.69) is 4.98 Å². The van der Waals surface area contributed by atoms with Gasteiger partial charge in [0.1, 0.15) is 16.4 Å². The van der Waals surface area contributed by atoms with Crippen molar-refractivity contribution < 1.29 is 9.53 Å². The number of hydrogen-bond donors (Lipinski definition) is 0. The average Bonchev–Trinajstić information content (AvgIpc) is 2.47. The van der Waals surface area contributed by atoms with E-state index >= 15 is 0 Å². The Morgan fingerprint density at radius 3 is 2.78 bits per heavy atom. The van der Waals surface area contributed by atoms with Crippen LogP contribution < -0.4 is 5.43 Å². The number of pyridine rings is 2. The summed E-state index contributed by atoms with van der Waals surface area (Å²) < 4.78 is 6.79. The summed E-state index contributed by atoms with van der Waals surface area (Å²) in [5.41, 5.74) is 0.0117. The predicted molar refractivity (Wildman–Crippen MR) is 89.3 cm³/mol. The van der Waals surface area contributed by atoms with Crippen molar-refractivity contribution in [2.75, 3.05) is 6.61 Å². The number of carbonyl (C=O) groups excluding carboxylic acids is 1. The summed E-state index contributed by atoms with van der Waals surface area (Å²) in [7, 11) is 0. The maximum absolute atomic E-state index is 12.6. The van der Waals surface area contributed by atoms with Gasteiger partial charge in [-0.1, -0.05) is 29.6 Å². The van der Waals surface area contributed by atoms with Gasteiger partial charge in [-0.2, -0.15) is 0 Å². The molecule has 0 aliphatic heterocycles. The van der Waals surface area contributed by atoms with Crippen LogP contribution in [-0.2, 0) is 11.3 Å². The zero-order valence-corrected chi connectivity index (χ0v) is 14.2. The third-order valence-corrected chi connectivity index (χ3v) is 4.81. The fraction of sp³-hybridized carbons (Fsp3) is 0.438. The molecule has 0 amide bonds. The lowest BCUT2D eigenvalue weighted by Crippen LogP contribution is -2.25. The molecule has 0 bridgehead atoms. The molecule has 2 aromatic heterocycles. The van der Waals surface area contributed by atoms with E-state index in [0.29, 0.717) is 18.1 Å². The Bertz CT molecular complexity index is 828. The van der Waals surface area contributed by atoms with Crippen LogP contribution >= 0.6 is 23.2 Å². The van der Waals surface area contributed by atoms with Gasteiger partial charge < -0.3 is 9.30 Å². The van der Waals surface area contributed by atoms with E-state index in [1.165, 1.54) is 18.7 Å². The van der Waals surface area contributed by atoms with Crippen LogP contribution in [0.15, 0.2) is 17.1 Å². The quantitative estimate of drug-likeness (QED) is 0.620. The normalized spacial score (nSPS) is 14.7. The van der Waals surface area contributed by atoms with Crippen LogP contribution in [0.3, 0.4) is 0 Å². The first kappa shape index (κ1) is 16.3. The lowest BCUT2D eigenvalue weighted by atomic mass is 9.85. The average molecular weight is 355 g/mol. The fourth-order valence-corrected chi connectivity index (χ4v) is 3.00. The van der Waals surface area contributed by atoms with E-state index in [1.54, 1.807) is 6.92 Å². The Kier molecular flexibility index (Phi) is 4.60. The molecule has 1 aliphatic carbocycles. The van der Waals surface area contributed by atoms with Crippen LogP contribution in [-0.4, -0.2) is 22.1 Å². The van der Waals surface area contributed by atoms with Crippen molar-refractivity contribution >= 4 is 40.2 Å². The molecule has 3 rings (SSSR count). The molecule has 0 N–H and O–H groups in total. The molecule has 0 radical (unpaired) electrons. The lowest BCUT2D eigenvalue weighted by molar-refractivity contribution is 0.0524. The van der Waals surface area contributed by atoms with Crippen molar-refractivity contribution in [3.63, 3.8) is 0 Å². The maximum atomic E-state index is 12.6. The Labute approximate surface area is 143 Å². The van der Waals surface area contributed by atoms with Gasteiger partial charge >= 0.3 is 5.97 Å². The summed E-state index contributed by atoms with van der Waals surface area (Å²) in [5.74, 6) is -0.111. The van der Waals surface area contributed by atoms with Crippen LogP contribution in [0.2, 0.25) is 10.2 Å². The molecule has 0 spiro atoms. The van der Waals surface area contributed by atoms with Gasteiger partial charge in [0.15, 0.2) is 0 Å². The Morgan fingerprint density at radius 1 is 1.43 bits per heavy atom. The highest BCUT2D eigenvalue weighted by Gasteiger charge is 2.22. The third kappa shape index (κ3) is 3.08. The monoisotopic (exact) mass is 354 g/mol. The number of aromatic nitrogens is 2. The lowest BCUT2D eigenvalue weighted by Gasteiger charge is -2.27. The number of ether oxygens (including phenoxy) is 1. The largest absolute Gasteiger partial charge is 0.462 e. The number of rotatable bonds is 4. The van der Waals surface area contributed by atoms with Crippen LogP contribution in [0.4, 0.5) is 0 Å². The summed E-state index contributed by atoms with van der Waals surface area (Å²) in [4.78, 5) is 28.9. The minimum atomic E-state index is -0.632. The summed E-state index contributed by atoms with van der Waals surface area (Å²) in [5, 5.41) is 0.613. The zero-order chi connectivity index (χ0) is 16.6. The molecule has 1 aliphatic rings. The number of carbonyl (C=O) groups is 1. The van der Waals surface area contributed by atoms with E-state index in [0.717, 1.165) is 12.8 Å². The second-order valence-corrected chi connectivity index (χ2v) is 6.44. The molecule has 1 saturated carbocycles. The first-order valence-corrected chi connectivity index (χ1v) is 8.33. The van der Waals surface area contributed by atoms with Gasteiger partial charge in [0.05, 0.1) is 17.0 Å². The van der Waals surface area contributed by atoms with Crippen molar-refractivity contribution in [2.24, 2.45) is 5.92 Å². The van der Waals surface area contributed by atoms with Crippen molar-refractivity contribution in [2.45, 2.75) is 32.7 Å². The van der Waals surface area contributed by atoms with Gasteiger partial charge in [-0.3, -0.25) is 4.79 Å². The number of esters is 1. The van der Waals surface area contributed by atoms with Gasteiger partial charge in [-0.05, 0) is 31.7 Å². The van der Waals surface area contributed by atoms with Gasteiger partial charge in [0.2, 0.25) is 5.43 Å². The highest BCUT2D eigenvalue weighted by Crippen LogP contribution is 2.30. The minimum Gasteiger partial charge on any atom is -0.462 e. The van der Waals surface area contributed by atoms with Gasteiger partial charge in [-0.15, -0.1) is 0 Å². The van der Waals surface area contributed by atoms with Crippen LogP contribution in [0, 0.1) is 5.92 Å². The van der Waals surface area contributed by atoms with Crippen molar-refractivity contribution in [1.82, 2.24) is 9.55 Å². The maximum Gasteiger partial charge on any atom is 0.343 e. The number of fused-ring (bicyclic) bond motifs is 1. The van der Waals surface area contributed by atoms with Crippen LogP contribution in [0.5, 0.6) is 0 Å². The molecule has 1 fully saturated rings. The fourth-order valence-electron chi connectivity index (χ4n) is 2.71. The summed E-state index contributed by atoms with van der Waals surface area (Å²) >= 11 is 12.0. The van der Waals surface area contributed by atoms with E-state index in [9.17, 15) is 9.59 Å². The molecular weight excluding hydrogens is 339 g/mol. The molecule has 2 aromatic rings. The molecule has 2 heterocycles. The smallest absolute Gasteiger partial charge is 0.343 e. The molecule has 0 aromatic carbocycles. The van der Waals surface area contributed by atoms with E-state index in [-0.39, 0.29) is 27.7 Å². The zero-order valence-electron chi connectivity index (χ0n) is 12.6. The van der Waals surface area contributed by atoms with Gasteiger partial charge in [0, 0.05) is 12.7 Å². The summed E-state index contributed by atoms with van der Waals surface area (Å²) in [6, 6.07) is 1.47. The van der Waals surface area contributed by atoms with E-state index in [1.807, 2.05) is 4.57 Å². The standard InChI is InChI=1S/C16H16Cl2N2O3/c1-2-23-16(22)11-8-20(7-9-4-3-5-9)15-10(13(11)21)6-12(17)14(18)19-15/h6,8-9H,2-5,7H2,1H3. The van der Waals surface area contributed by atoms with Crippen molar-refractivity contribution in [1.29, 1.82) is 0 Å².